The summed E-state index contributed by atoms with van der Waals surface area (Å²) in [7, 11) is 1.67. The normalized spacial score (nSPS) is 12.7. The molecule has 84 valence electrons. The molecule has 1 atom stereocenters. The van der Waals surface area contributed by atoms with E-state index in [1.54, 1.807) is 7.11 Å². The maximum Gasteiger partial charge on any atom is 0.119 e. The molecule has 1 unspecified atom stereocenters. The second kappa shape index (κ2) is 4.73. The Hall–Kier alpha value is -1.25. The Labute approximate surface area is 100.0 Å². The third-order valence-electron chi connectivity index (χ3n) is 2.67. The van der Waals surface area contributed by atoms with Gasteiger partial charge in [0.05, 0.1) is 7.11 Å². The molecule has 0 fully saturated rings. The first-order chi connectivity index (χ1) is 7.74. The van der Waals surface area contributed by atoms with Gasteiger partial charge in [0, 0.05) is 11.9 Å². The van der Waals surface area contributed by atoms with Crippen LogP contribution >= 0.6 is 11.6 Å². The fraction of sp³-hybridized carbons (Fsp3) is 0.231. The summed E-state index contributed by atoms with van der Waals surface area (Å²) in [5.41, 5.74) is 6.95. The van der Waals surface area contributed by atoms with E-state index in [1.807, 2.05) is 30.3 Å². The van der Waals surface area contributed by atoms with Crippen LogP contribution in [0.1, 0.15) is 11.6 Å². The van der Waals surface area contributed by atoms with E-state index in [-0.39, 0.29) is 6.04 Å². The Kier molecular flexibility index (Phi) is 3.32. The summed E-state index contributed by atoms with van der Waals surface area (Å²) in [6.45, 7) is 0. The highest BCUT2D eigenvalue weighted by atomic mass is 35.5. The van der Waals surface area contributed by atoms with Crippen LogP contribution in [0.3, 0.4) is 0 Å². The van der Waals surface area contributed by atoms with Crippen LogP contribution in [0.4, 0.5) is 0 Å². The SMILES string of the molecule is COc1ccc2cc(C(N)CCl)ccc2c1. The van der Waals surface area contributed by atoms with E-state index >= 15 is 0 Å². The number of nitrogens with two attached hydrogens (primary N) is 1. The summed E-state index contributed by atoms with van der Waals surface area (Å²) < 4.78 is 5.18. The smallest absolute Gasteiger partial charge is 0.119 e. The predicted octanol–water partition coefficient (Wildman–Crippen LogP) is 3.09. The zero-order valence-corrected chi connectivity index (χ0v) is 9.87. The number of methoxy groups -OCH3 is 1. The van der Waals surface area contributed by atoms with E-state index in [0.29, 0.717) is 5.88 Å². The standard InChI is InChI=1S/C13H14ClNO/c1-16-12-5-4-9-6-11(13(15)8-14)3-2-10(9)7-12/h2-7,13H,8,15H2,1H3. The Balaban J connectivity index is 2.47. The molecule has 2 aromatic carbocycles. The highest BCUT2D eigenvalue weighted by molar-refractivity contribution is 6.18. The largest absolute Gasteiger partial charge is 0.497 e. The zero-order chi connectivity index (χ0) is 11.5. The van der Waals surface area contributed by atoms with Crippen molar-refractivity contribution in [1.29, 1.82) is 0 Å². The Morgan fingerprint density at radius 3 is 2.56 bits per heavy atom. The molecular weight excluding hydrogens is 222 g/mol. The number of hydrogen-bond donors (Lipinski definition) is 1. The molecule has 0 aliphatic carbocycles. The molecule has 0 aromatic heterocycles. The molecule has 3 heteroatoms. The summed E-state index contributed by atoms with van der Waals surface area (Å²) in [5, 5.41) is 2.30. The van der Waals surface area contributed by atoms with Crippen LogP contribution in [0.15, 0.2) is 36.4 Å². The van der Waals surface area contributed by atoms with Crippen molar-refractivity contribution in [3.63, 3.8) is 0 Å². The number of rotatable bonds is 3. The summed E-state index contributed by atoms with van der Waals surface area (Å²) in [6, 6.07) is 12.0. The van der Waals surface area contributed by atoms with Crippen LogP contribution in [0.25, 0.3) is 10.8 Å². The van der Waals surface area contributed by atoms with Gasteiger partial charge in [0.2, 0.25) is 0 Å². The minimum atomic E-state index is -0.104. The molecule has 0 spiro atoms. The van der Waals surface area contributed by atoms with Gasteiger partial charge in [-0.25, -0.2) is 0 Å². The van der Waals surface area contributed by atoms with Crippen LogP contribution in [-0.2, 0) is 0 Å². The van der Waals surface area contributed by atoms with E-state index in [4.69, 9.17) is 22.1 Å². The van der Waals surface area contributed by atoms with Gasteiger partial charge >= 0.3 is 0 Å². The van der Waals surface area contributed by atoms with Crippen LogP contribution in [0.5, 0.6) is 5.75 Å². The molecule has 0 amide bonds. The van der Waals surface area contributed by atoms with Crippen molar-refractivity contribution >= 4 is 22.4 Å². The lowest BCUT2D eigenvalue weighted by molar-refractivity contribution is 0.415. The fourth-order valence-electron chi connectivity index (χ4n) is 1.69. The monoisotopic (exact) mass is 235 g/mol. The van der Waals surface area contributed by atoms with E-state index in [2.05, 4.69) is 6.07 Å². The first kappa shape index (κ1) is 11.2. The van der Waals surface area contributed by atoms with Crippen molar-refractivity contribution in [2.75, 3.05) is 13.0 Å². The highest BCUT2D eigenvalue weighted by Crippen LogP contribution is 2.23. The van der Waals surface area contributed by atoms with Crippen LogP contribution in [0, 0.1) is 0 Å². The van der Waals surface area contributed by atoms with Gasteiger partial charge in [-0.3, -0.25) is 0 Å². The fourth-order valence-corrected chi connectivity index (χ4v) is 1.87. The molecule has 16 heavy (non-hydrogen) atoms. The lowest BCUT2D eigenvalue weighted by Gasteiger charge is -2.09. The molecule has 0 saturated carbocycles. The number of benzene rings is 2. The highest BCUT2D eigenvalue weighted by Gasteiger charge is 2.05. The maximum absolute atomic E-state index is 5.88. The number of ether oxygens (including phenoxy) is 1. The van der Waals surface area contributed by atoms with E-state index in [1.165, 1.54) is 0 Å². The van der Waals surface area contributed by atoms with Crippen molar-refractivity contribution in [3.8, 4) is 5.75 Å². The van der Waals surface area contributed by atoms with Gasteiger partial charge in [-0.15, -0.1) is 11.6 Å². The molecule has 2 rings (SSSR count). The third-order valence-corrected chi connectivity index (χ3v) is 3.00. The van der Waals surface area contributed by atoms with Crippen LogP contribution in [0.2, 0.25) is 0 Å². The average Bonchev–Trinajstić information content (AvgIpc) is 2.36. The summed E-state index contributed by atoms with van der Waals surface area (Å²) in [5.74, 6) is 1.30. The van der Waals surface area contributed by atoms with Gasteiger partial charge in [0.1, 0.15) is 5.75 Å². The molecule has 0 saturated heterocycles. The Bertz CT molecular complexity index is 498. The lowest BCUT2D eigenvalue weighted by Crippen LogP contribution is -2.11. The number of hydrogen-bond acceptors (Lipinski definition) is 2. The summed E-state index contributed by atoms with van der Waals surface area (Å²) in [4.78, 5) is 0. The number of halogens is 1. The minimum Gasteiger partial charge on any atom is -0.497 e. The first-order valence-corrected chi connectivity index (χ1v) is 5.67. The predicted molar refractivity (Wildman–Crippen MR) is 68.1 cm³/mol. The molecule has 0 heterocycles. The topological polar surface area (TPSA) is 35.2 Å². The van der Waals surface area contributed by atoms with Gasteiger partial charge in [-0.1, -0.05) is 18.2 Å². The second-order valence-corrected chi connectivity index (χ2v) is 4.04. The van der Waals surface area contributed by atoms with Crippen molar-refractivity contribution in [1.82, 2.24) is 0 Å². The molecule has 0 aliphatic rings. The lowest BCUT2D eigenvalue weighted by atomic mass is 10.0. The molecule has 2 aromatic rings. The second-order valence-electron chi connectivity index (χ2n) is 3.73. The third kappa shape index (κ3) is 2.13. The first-order valence-electron chi connectivity index (χ1n) is 5.14. The van der Waals surface area contributed by atoms with E-state index < -0.39 is 0 Å². The molecular formula is C13H14ClNO. The summed E-state index contributed by atoms with van der Waals surface area (Å²) in [6.07, 6.45) is 0. The Morgan fingerprint density at radius 2 is 1.88 bits per heavy atom. The van der Waals surface area contributed by atoms with Crippen LogP contribution < -0.4 is 10.5 Å². The maximum atomic E-state index is 5.88. The average molecular weight is 236 g/mol. The molecule has 2 nitrogen and oxygen atoms in total. The molecule has 0 radical (unpaired) electrons. The van der Waals surface area contributed by atoms with Crippen molar-refractivity contribution in [3.05, 3.63) is 42.0 Å². The van der Waals surface area contributed by atoms with Gasteiger partial charge in [-0.05, 0) is 34.5 Å². The Morgan fingerprint density at radius 1 is 1.19 bits per heavy atom. The van der Waals surface area contributed by atoms with Gasteiger partial charge in [-0.2, -0.15) is 0 Å². The van der Waals surface area contributed by atoms with Crippen molar-refractivity contribution < 1.29 is 4.74 Å². The van der Waals surface area contributed by atoms with Gasteiger partial charge < -0.3 is 10.5 Å². The van der Waals surface area contributed by atoms with Gasteiger partial charge in [0.25, 0.3) is 0 Å². The minimum absolute atomic E-state index is 0.104. The van der Waals surface area contributed by atoms with Crippen molar-refractivity contribution in [2.24, 2.45) is 5.73 Å². The van der Waals surface area contributed by atoms with E-state index in [9.17, 15) is 0 Å². The van der Waals surface area contributed by atoms with Gasteiger partial charge in [0.15, 0.2) is 0 Å². The number of fused-ring (bicyclic) bond motifs is 1. The quantitative estimate of drug-likeness (QED) is 0.830. The summed E-state index contributed by atoms with van der Waals surface area (Å²) >= 11 is 5.74. The molecule has 0 bridgehead atoms. The molecule has 0 aliphatic heterocycles. The van der Waals surface area contributed by atoms with Crippen molar-refractivity contribution in [2.45, 2.75) is 6.04 Å². The van der Waals surface area contributed by atoms with Crippen LogP contribution in [-0.4, -0.2) is 13.0 Å². The molecule has 2 N–H and O–H groups in total. The number of alkyl halides is 1. The zero-order valence-electron chi connectivity index (χ0n) is 9.11. The van der Waals surface area contributed by atoms with E-state index in [0.717, 1.165) is 22.1 Å².